The van der Waals surface area contributed by atoms with Crippen LogP contribution in [0.15, 0.2) is 48.1 Å². The number of rotatable bonds is 4. The van der Waals surface area contributed by atoms with E-state index in [1.165, 1.54) is 16.8 Å². The molecule has 0 radical (unpaired) electrons. The van der Waals surface area contributed by atoms with Crippen molar-refractivity contribution in [2.24, 2.45) is 0 Å². The van der Waals surface area contributed by atoms with Crippen molar-refractivity contribution in [3.05, 3.63) is 48.9 Å². The predicted molar refractivity (Wildman–Crippen MR) is 95.7 cm³/mol. The number of anilines is 1. The van der Waals surface area contributed by atoms with Crippen molar-refractivity contribution in [1.29, 1.82) is 0 Å². The molecule has 0 saturated carbocycles. The van der Waals surface area contributed by atoms with E-state index >= 15 is 0 Å². The molecule has 0 bridgehead atoms. The first-order valence-electron chi connectivity index (χ1n) is 8.26. The summed E-state index contributed by atoms with van der Waals surface area (Å²) < 4.78 is 28.5. The molecule has 9 nitrogen and oxygen atoms in total. The summed E-state index contributed by atoms with van der Waals surface area (Å²) in [6.07, 6.45) is 6.56. The third-order valence-electron chi connectivity index (χ3n) is 4.33. The minimum atomic E-state index is -3.52. The molecule has 4 rings (SSSR count). The molecular weight excluding hydrogens is 354 g/mol. The maximum atomic E-state index is 12.6. The zero-order chi connectivity index (χ0) is 18.1. The highest BCUT2D eigenvalue weighted by Crippen LogP contribution is 2.20. The van der Waals surface area contributed by atoms with Gasteiger partial charge in [-0.15, -0.1) is 0 Å². The molecule has 136 valence electrons. The van der Waals surface area contributed by atoms with Crippen molar-refractivity contribution in [3.63, 3.8) is 0 Å². The second-order valence-corrected chi connectivity index (χ2v) is 7.94. The second-order valence-electron chi connectivity index (χ2n) is 6.03. The molecule has 1 aliphatic rings. The van der Waals surface area contributed by atoms with Crippen LogP contribution in [0.4, 0.5) is 5.82 Å². The molecule has 0 unspecified atom stereocenters. The first-order valence-corrected chi connectivity index (χ1v) is 9.70. The molecule has 26 heavy (non-hydrogen) atoms. The standard InChI is InChI=1S/C16H19N7O2S/c1-13-19-14(21-4-2-3-5-21)10-15(20-13)22-6-8-23(9-7-22)26(24,25)16-11-17-12-18-16/h2-5,10-12H,6-9H2,1H3,(H,17,18). The molecule has 1 fully saturated rings. The SMILES string of the molecule is Cc1nc(N2CCN(S(=O)(=O)c3cnc[nH]3)CC2)cc(-n2cccc2)n1. The lowest BCUT2D eigenvalue weighted by molar-refractivity contribution is 0.382. The van der Waals surface area contributed by atoms with Gasteiger partial charge in [-0.3, -0.25) is 0 Å². The average molecular weight is 373 g/mol. The Bertz CT molecular complexity index is 976. The lowest BCUT2D eigenvalue weighted by atomic mass is 10.3. The van der Waals surface area contributed by atoms with Gasteiger partial charge in [-0.25, -0.2) is 23.4 Å². The number of piperazine rings is 1. The van der Waals surface area contributed by atoms with Gasteiger partial charge in [0, 0.05) is 44.6 Å². The van der Waals surface area contributed by atoms with E-state index in [1.54, 1.807) is 0 Å². The third-order valence-corrected chi connectivity index (χ3v) is 6.16. The number of imidazole rings is 1. The van der Waals surface area contributed by atoms with Crippen molar-refractivity contribution < 1.29 is 8.42 Å². The molecule has 3 aromatic heterocycles. The van der Waals surface area contributed by atoms with Gasteiger partial charge in [0.2, 0.25) is 0 Å². The van der Waals surface area contributed by atoms with E-state index in [1.807, 2.05) is 42.1 Å². The van der Waals surface area contributed by atoms with Crippen molar-refractivity contribution >= 4 is 15.8 Å². The van der Waals surface area contributed by atoms with Crippen molar-refractivity contribution in [3.8, 4) is 5.82 Å². The Morgan fingerprint density at radius 2 is 1.73 bits per heavy atom. The first kappa shape index (κ1) is 16.7. The van der Waals surface area contributed by atoms with E-state index in [9.17, 15) is 8.42 Å². The Balaban J connectivity index is 1.52. The molecular formula is C16H19N7O2S. The van der Waals surface area contributed by atoms with Crippen molar-refractivity contribution in [1.82, 2.24) is 28.8 Å². The fourth-order valence-electron chi connectivity index (χ4n) is 3.00. The minimum absolute atomic E-state index is 0.124. The summed E-state index contributed by atoms with van der Waals surface area (Å²) in [5, 5.41) is 0.124. The minimum Gasteiger partial charge on any atom is -0.354 e. The van der Waals surface area contributed by atoms with Crippen LogP contribution >= 0.6 is 0 Å². The van der Waals surface area contributed by atoms with Crippen LogP contribution in [0.1, 0.15) is 5.82 Å². The van der Waals surface area contributed by atoms with Gasteiger partial charge in [-0.2, -0.15) is 4.31 Å². The van der Waals surface area contributed by atoms with E-state index in [-0.39, 0.29) is 5.03 Å². The lowest BCUT2D eigenvalue weighted by Gasteiger charge is -2.34. The van der Waals surface area contributed by atoms with Gasteiger partial charge in [0.25, 0.3) is 10.0 Å². The Labute approximate surface area is 151 Å². The molecule has 4 heterocycles. The molecule has 1 saturated heterocycles. The van der Waals surface area contributed by atoms with Gasteiger partial charge in [-0.1, -0.05) is 0 Å². The monoisotopic (exact) mass is 373 g/mol. The zero-order valence-corrected chi connectivity index (χ0v) is 15.1. The Kier molecular flexibility index (Phi) is 4.21. The van der Waals surface area contributed by atoms with Crippen molar-refractivity contribution in [2.75, 3.05) is 31.1 Å². The fourth-order valence-corrected chi connectivity index (χ4v) is 4.32. The van der Waals surface area contributed by atoms with Crippen LogP contribution in [-0.4, -0.2) is 63.4 Å². The number of aromatic nitrogens is 5. The molecule has 0 atom stereocenters. The zero-order valence-electron chi connectivity index (χ0n) is 14.3. The van der Waals surface area contributed by atoms with Crippen LogP contribution < -0.4 is 4.90 Å². The molecule has 0 aromatic carbocycles. The first-order chi connectivity index (χ1) is 12.5. The van der Waals surface area contributed by atoms with Gasteiger partial charge in [0.15, 0.2) is 5.03 Å². The Morgan fingerprint density at radius 1 is 1.04 bits per heavy atom. The summed E-state index contributed by atoms with van der Waals surface area (Å²) in [4.78, 5) is 17.5. The van der Waals surface area contributed by atoms with Crippen LogP contribution in [0, 0.1) is 6.92 Å². The number of H-pyrrole nitrogens is 1. The summed E-state index contributed by atoms with van der Waals surface area (Å²) in [5.41, 5.74) is 0. The topological polar surface area (TPSA) is 100 Å². The second kappa shape index (κ2) is 6.54. The molecule has 0 aliphatic carbocycles. The smallest absolute Gasteiger partial charge is 0.260 e. The summed E-state index contributed by atoms with van der Waals surface area (Å²) in [6.45, 7) is 3.77. The van der Waals surface area contributed by atoms with Crippen LogP contribution in [-0.2, 0) is 10.0 Å². The quantitative estimate of drug-likeness (QED) is 0.726. The predicted octanol–water partition coefficient (Wildman–Crippen LogP) is 0.810. The van der Waals surface area contributed by atoms with Crippen LogP contribution in [0.25, 0.3) is 5.82 Å². The lowest BCUT2D eigenvalue weighted by Crippen LogP contribution is -2.49. The Morgan fingerprint density at radius 3 is 2.38 bits per heavy atom. The largest absolute Gasteiger partial charge is 0.354 e. The van der Waals surface area contributed by atoms with Crippen LogP contribution in [0.5, 0.6) is 0 Å². The molecule has 1 N–H and O–H groups in total. The number of nitrogens with one attached hydrogen (secondary N) is 1. The highest BCUT2D eigenvalue weighted by Gasteiger charge is 2.30. The third kappa shape index (κ3) is 3.08. The maximum Gasteiger partial charge on any atom is 0.260 e. The number of aryl methyl sites for hydroxylation is 1. The van der Waals surface area contributed by atoms with E-state index in [2.05, 4.69) is 24.8 Å². The summed E-state index contributed by atoms with van der Waals surface area (Å²) >= 11 is 0. The summed E-state index contributed by atoms with van der Waals surface area (Å²) in [7, 11) is -3.52. The van der Waals surface area contributed by atoms with E-state index in [0.29, 0.717) is 32.0 Å². The van der Waals surface area contributed by atoms with Gasteiger partial charge >= 0.3 is 0 Å². The molecule has 1 aliphatic heterocycles. The molecule has 0 amide bonds. The Hall–Kier alpha value is -2.72. The molecule has 10 heteroatoms. The summed E-state index contributed by atoms with van der Waals surface area (Å²) in [6, 6.07) is 5.80. The van der Waals surface area contributed by atoms with Crippen molar-refractivity contribution in [2.45, 2.75) is 11.9 Å². The highest BCUT2D eigenvalue weighted by atomic mass is 32.2. The van der Waals surface area contributed by atoms with Gasteiger partial charge in [0.1, 0.15) is 17.5 Å². The average Bonchev–Trinajstić information content (AvgIpc) is 3.35. The van der Waals surface area contributed by atoms with Crippen LogP contribution in [0.3, 0.4) is 0 Å². The number of aromatic amines is 1. The normalized spacial score (nSPS) is 16.1. The van der Waals surface area contributed by atoms with Gasteiger partial charge in [0.05, 0.1) is 12.5 Å². The van der Waals surface area contributed by atoms with E-state index < -0.39 is 10.0 Å². The molecule has 0 spiro atoms. The number of hydrogen-bond acceptors (Lipinski definition) is 6. The van der Waals surface area contributed by atoms with Gasteiger partial charge < -0.3 is 14.5 Å². The van der Waals surface area contributed by atoms with Gasteiger partial charge in [-0.05, 0) is 19.1 Å². The number of nitrogens with zero attached hydrogens (tertiary/aromatic N) is 6. The van der Waals surface area contributed by atoms with Crippen LogP contribution in [0.2, 0.25) is 0 Å². The highest BCUT2D eigenvalue weighted by molar-refractivity contribution is 7.89. The van der Waals surface area contributed by atoms with E-state index in [4.69, 9.17) is 0 Å². The molecule has 3 aromatic rings. The van der Waals surface area contributed by atoms with E-state index in [0.717, 1.165) is 11.6 Å². The summed E-state index contributed by atoms with van der Waals surface area (Å²) in [5.74, 6) is 2.28. The fraction of sp³-hybridized carbons (Fsp3) is 0.312. The number of hydrogen-bond donors (Lipinski definition) is 1. The maximum absolute atomic E-state index is 12.6. The number of sulfonamides is 1.